The summed E-state index contributed by atoms with van der Waals surface area (Å²) in [6.07, 6.45) is 6.76. The Morgan fingerprint density at radius 3 is 2.42 bits per heavy atom. The summed E-state index contributed by atoms with van der Waals surface area (Å²) < 4.78 is 12.7. The molecule has 0 N–H and O–H groups in total. The van der Waals surface area contributed by atoms with Crippen LogP contribution in [0.2, 0.25) is 0 Å². The third-order valence-electron chi connectivity index (χ3n) is 7.09. The summed E-state index contributed by atoms with van der Waals surface area (Å²) in [6, 6.07) is 7.76. The molecule has 4 rings (SSSR count). The number of nitrogens with zero attached hydrogens (tertiary/aromatic N) is 4. The topological polar surface area (TPSA) is 87.8 Å². The van der Waals surface area contributed by atoms with Crippen LogP contribution in [0.3, 0.4) is 0 Å². The second kappa shape index (κ2) is 12.0. The SMILES string of the molecule is COc1ccc(CCN2C(=O)/C(=C/c3c(C)c(C#N)c(=O)n(C)c3N3CCCCCC3)SC2=S)cc1OC. The molecule has 2 aliphatic rings. The van der Waals surface area contributed by atoms with Gasteiger partial charge < -0.3 is 14.4 Å². The van der Waals surface area contributed by atoms with Crippen molar-refractivity contribution in [2.75, 3.05) is 38.8 Å². The fourth-order valence-electron chi connectivity index (χ4n) is 4.98. The number of carbonyl (C=O) groups is 1. The first-order chi connectivity index (χ1) is 18.3. The van der Waals surface area contributed by atoms with E-state index in [-0.39, 0.29) is 17.0 Å². The molecular weight excluding hydrogens is 520 g/mol. The van der Waals surface area contributed by atoms with E-state index in [1.54, 1.807) is 37.7 Å². The Kier molecular flexibility index (Phi) is 8.80. The molecule has 2 aromatic rings. The van der Waals surface area contributed by atoms with Gasteiger partial charge in [-0.15, -0.1) is 0 Å². The predicted octanol–water partition coefficient (Wildman–Crippen LogP) is 4.41. The van der Waals surface area contributed by atoms with Crippen LogP contribution in [-0.4, -0.2) is 53.5 Å². The van der Waals surface area contributed by atoms with Crippen LogP contribution < -0.4 is 19.9 Å². The summed E-state index contributed by atoms with van der Waals surface area (Å²) in [5.74, 6) is 1.86. The first kappa shape index (κ1) is 27.7. The predicted molar refractivity (Wildman–Crippen MR) is 155 cm³/mol. The number of methoxy groups -OCH3 is 2. The van der Waals surface area contributed by atoms with Crippen molar-refractivity contribution in [3.8, 4) is 17.6 Å². The van der Waals surface area contributed by atoms with E-state index in [1.165, 1.54) is 11.8 Å². The molecule has 3 heterocycles. The van der Waals surface area contributed by atoms with Gasteiger partial charge in [0.15, 0.2) is 11.5 Å². The molecule has 1 aromatic heterocycles. The van der Waals surface area contributed by atoms with E-state index in [4.69, 9.17) is 21.7 Å². The third-order valence-corrected chi connectivity index (χ3v) is 8.47. The van der Waals surface area contributed by atoms with Crippen LogP contribution in [-0.2, 0) is 18.3 Å². The van der Waals surface area contributed by atoms with Crippen molar-refractivity contribution in [2.45, 2.75) is 39.0 Å². The number of hydrogen-bond donors (Lipinski definition) is 0. The Morgan fingerprint density at radius 1 is 1.11 bits per heavy atom. The number of thiocarbonyl (C=S) groups is 1. The number of anilines is 1. The highest BCUT2D eigenvalue weighted by Gasteiger charge is 2.33. The van der Waals surface area contributed by atoms with Crippen LogP contribution in [0.25, 0.3) is 6.08 Å². The highest BCUT2D eigenvalue weighted by Crippen LogP contribution is 2.36. The quantitative estimate of drug-likeness (QED) is 0.369. The number of ether oxygens (including phenoxy) is 2. The van der Waals surface area contributed by atoms with Gasteiger partial charge in [-0.05, 0) is 55.5 Å². The molecule has 0 spiro atoms. The number of aromatic nitrogens is 1. The third kappa shape index (κ3) is 5.45. The molecule has 0 aliphatic carbocycles. The highest BCUT2D eigenvalue weighted by molar-refractivity contribution is 8.26. The Bertz CT molecular complexity index is 1380. The number of rotatable bonds is 7. The fourth-order valence-corrected chi connectivity index (χ4v) is 6.27. The Morgan fingerprint density at radius 2 is 1.79 bits per heavy atom. The zero-order chi connectivity index (χ0) is 27.4. The van der Waals surface area contributed by atoms with Crippen molar-refractivity contribution in [2.24, 2.45) is 7.05 Å². The standard InChI is InChI=1S/C28H32N4O4S2/c1-18-20(25(30(2)26(33)21(18)17-29)31-12-7-5-6-8-13-31)16-24-27(34)32(28(37)38-24)14-11-19-9-10-22(35-3)23(15-19)36-4/h9-10,15-16H,5-8,11-14H2,1-4H3/b24-16-. The molecule has 0 bridgehead atoms. The lowest BCUT2D eigenvalue weighted by Crippen LogP contribution is -2.34. The van der Waals surface area contributed by atoms with Crippen LogP contribution in [0.15, 0.2) is 27.9 Å². The normalized spacial score (nSPS) is 17.1. The summed E-state index contributed by atoms with van der Waals surface area (Å²) in [5.41, 5.74) is 2.10. The minimum Gasteiger partial charge on any atom is -0.493 e. The van der Waals surface area contributed by atoms with Gasteiger partial charge in [-0.3, -0.25) is 19.1 Å². The molecule has 0 saturated carbocycles. The van der Waals surface area contributed by atoms with Crippen LogP contribution in [0.4, 0.5) is 5.82 Å². The number of hydrogen-bond acceptors (Lipinski definition) is 8. The molecule has 2 fully saturated rings. The van der Waals surface area contributed by atoms with Crippen LogP contribution in [0.5, 0.6) is 11.5 Å². The molecule has 0 radical (unpaired) electrons. The second-order valence-electron chi connectivity index (χ2n) is 9.39. The summed E-state index contributed by atoms with van der Waals surface area (Å²) in [4.78, 5) is 30.8. The van der Waals surface area contributed by atoms with Gasteiger partial charge in [0.1, 0.15) is 21.8 Å². The maximum atomic E-state index is 13.5. The molecule has 1 amide bonds. The molecular formula is C28H32N4O4S2. The molecule has 0 unspecified atom stereocenters. The minimum absolute atomic E-state index is 0.0984. The molecule has 0 atom stereocenters. The fraction of sp³-hybridized carbons (Fsp3) is 0.429. The summed E-state index contributed by atoms with van der Waals surface area (Å²) in [6.45, 7) is 3.86. The largest absolute Gasteiger partial charge is 0.493 e. The van der Waals surface area contributed by atoms with Gasteiger partial charge in [-0.1, -0.05) is 42.9 Å². The van der Waals surface area contributed by atoms with Gasteiger partial charge in [0.05, 0.1) is 19.1 Å². The van der Waals surface area contributed by atoms with Crippen molar-refractivity contribution in [1.29, 1.82) is 5.26 Å². The summed E-state index contributed by atoms with van der Waals surface area (Å²) in [5, 5.41) is 9.72. The van der Waals surface area contributed by atoms with Gasteiger partial charge >= 0.3 is 0 Å². The van der Waals surface area contributed by atoms with E-state index in [2.05, 4.69) is 11.0 Å². The van der Waals surface area contributed by atoms with Crippen molar-refractivity contribution in [1.82, 2.24) is 9.47 Å². The zero-order valence-electron chi connectivity index (χ0n) is 22.2. The van der Waals surface area contributed by atoms with Crippen molar-refractivity contribution < 1.29 is 14.3 Å². The molecule has 38 heavy (non-hydrogen) atoms. The number of carbonyl (C=O) groups excluding carboxylic acids is 1. The van der Waals surface area contributed by atoms with Gasteiger partial charge in [0.2, 0.25) is 0 Å². The van der Waals surface area contributed by atoms with E-state index in [0.29, 0.717) is 39.3 Å². The zero-order valence-corrected chi connectivity index (χ0v) is 23.8. The van der Waals surface area contributed by atoms with Gasteiger partial charge in [-0.2, -0.15) is 5.26 Å². The number of amides is 1. The van der Waals surface area contributed by atoms with E-state index in [0.717, 1.165) is 55.7 Å². The Balaban J connectivity index is 1.66. The molecule has 8 nitrogen and oxygen atoms in total. The lowest BCUT2D eigenvalue weighted by molar-refractivity contribution is -0.122. The minimum atomic E-state index is -0.316. The van der Waals surface area contributed by atoms with Crippen molar-refractivity contribution in [3.05, 3.63) is 55.7 Å². The average molecular weight is 553 g/mol. The van der Waals surface area contributed by atoms with Gasteiger partial charge in [0.25, 0.3) is 11.5 Å². The van der Waals surface area contributed by atoms with E-state index in [9.17, 15) is 14.9 Å². The summed E-state index contributed by atoms with van der Waals surface area (Å²) in [7, 11) is 4.88. The van der Waals surface area contributed by atoms with Crippen LogP contribution >= 0.6 is 24.0 Å². The second-order valence-corrected chi connectivity index (χ2v) is 11.1. The average Bonchev–Trinajstić information content (AvgIpc) is 3.08. The number of nitriles is 1. The van der Waals surface area contributed by atoms with Crippen LogP contribution in [0.1, 0.15) is 47.9 Å². The highest BCUT2D eigenvalue weighted by atomic mass is 32.2. The molecule has 1 aromatic carbocycles. The smallest absolute Gasteiger partial charge is 0.270 e. The van der Waals surface area contributed by atoms with Crippen molar-refractivity contribution >= 4 is 46.1 Å². The maximum Gasteiger partial charge on any atom is 0.270 e. The van der Waals surface area contributed by atoms with Gasteiger partial charge in [0, 0.05) is 32.2 Å². The first-order valence-electron chi connectivity index (χ1n) is 12.7. The van der Waals surface area contributed by atoms with Crippen molar-refractivity contribution in [3.63, 3.8) is 0 Å². The number of thioether (sulfide) groups is 1. The van der Waals surface area contributed by atoms with Crippen LogP contribution in [0, 0.1) is 18.3 Å². The monoisotopic (exact) mass is 552 g/mol. The molecule has 10 heteroatoms. The number of benzene rings is 1. The molecule has 2 aliphatic heterocycles. The summed E-state index contributed by atoms with van der Waals surface area (Å²) >= 11 is 6.84. The molecule has 200 valence electrons. The lowest BCUT2D eigenvalue weighted by Gasteiger charge is -2.28. The van der Waals surface area contributed by atoms with E-state index < -0.39 is 0 Å². The van der Waals surface area contributed by atoms with E-state index in [1.807, 2.05) is 24.3 Å². The number of pyridine rings is 1. The molecule has 2 saturated heterocycles. The van der Waals surface area contributed by atoms with E-state index >= 15 is 0 Å². The maximum absolute atomic E-state index is 13.5. The first-order valence-corrected chi connectivity index (χ1v) is 13.9. The Labute approximate surface area is 232 Å². The van der Waals surface area contributed by atoms with Gasteiger partial charge in [-0.25, -0.2) is 0 Å². The lowest BCUT2D eigenvalue weighted by atomic mass is 10.0. The Hall–Kier alpha value is -3.29.